The standard InChI is InChI=1S/C9H7N3S2/c10-9-11-8(12-14-9)7-3-1-6(5-13)2-4-7/h1-5H,(H2,10,11,12). The van der Waals surface area contributed by atoms with Gasteiger partial charge in [0.05, 0.1) is 0 Å². The highest BCUT2D eigenvalue weighted by Crippen LogP contribution is 2.19. The average Bonchev–Trinajstić information content (AvgIpc) is 2.65. The van der Waals surface area contributed by atoms with Gasteiger partial charge >= 0.3 is 0 Å². The maximum absolute atomic E-state index is 5.49. The molecule has 2 N–H and O–H groups in total. The Bertz CT molecular complexity index is 447. The normalized spacial score (nSPS) is 10.0. The summed E-state index contributed by atoms with van der Waals surface area (Å²) >= 11 is 6.01. The summed E-state index contributed by atoms with van der Waals surface area (Å²) in [6.07, 6.45) is 0. The fourth-order valence-corrected chi connectivity index (χ4v) is 1.67. The summed E-state index contributed by atoms with van der Waals surface area (Å²) in [6.45, 7) is 0. The van der Waals surface area contributed by atoms with Crippen LogP contribution in [0.25, 0.3) is 11.4 Å². The minimum absolute atomic E-state index is 0.485. The van der Waals surface area contributed by atoms with Crippen molar-refractivity contribution in [3.8, 4) is 11.4 Å². The predicted molar refractivity (Wildman–Crippen MR) is 62.5 cm³/mol. The molecule has 5 heteroatoms. The van der Waals surface area contributed by atoms with Crippen LogP contribution < -0.4 is 5.73 Å². The first kappa shape index (κ1) is 9.23. The molecule has 0 fully saturated rings. The van der Waals surface area contributed by atoms with Gasteiger partial charge in [0.2, 0.25) is 0 Å². The van der Waals surface area contributed by atoms with E-state index in [0.29, 0.717) is 11.0 Å². The molecule has 0 atom stereocenters. The Morgan fingerprint density at radius 2 is 2.00 bits per heavy atom. The summed E-state index contributed by atoms with van der Waals surface area (Å²) < 4.78 is 4.11. The highest BCUT2D eigenvalue weighted by molar-refractivity contribution is 7.79. The Balaban J connectivity index is 2.38. The minimum atomic E-state index is 0.485. The largest absolute Gasteiger partial charge is 0.374 e. The van der Waals surface area contributed by atoms with Crippen LogP contribution in [0.2, 0.25) is 0 Å². The topological polar surface area (TPSA) is 51.8 Å². The van der Waals surface area contributed by atoms with Gasteiger partial charge in [0, 0.05) is 22.5 Å². The Kier molecular flexibility index (Phi) is 2.51. The number of rotatable bonds is 2. The summed E-state index contributed by atoms with van der Waals surface area (Å²) in [4.78, 5) is 4.09. The Labute approximate surface area is 90.8 Å². The van der Waals surface area contributed by atoms with E-state index in [1.54, 1.807) is 5.37 Å². The van der Waals surface area contributed by atoms with Gasteiger partial charge in [-0.3, -0.25) is 0 Å². The fraction of sp³-hybridized carbons (Fsp3) is 0. The summed E-state index contributed by atoms with van der Waals surface area (Å²) in [5.41, 5.74) is 7.46. The van der Waals surface area contributed by atoms with Gasteiger partial charge in [-0.05, 0) is 5.56 Å². The van der Waals surface area contributed by atoms with Crippen LogP contribution in [0.5, 0.6) is 0 Å². The van der Waals surface area contributed by atoms with Crippen LogP contribution in [0.3, 0.4) is 0 Å². The molecule has 0 aliphatic heterocycles. The summed E-state index contributed by atoms with van der Waals surface area (Å²) in [6, 6.07) is 7.72. The molecule has 0 aliphatic rings. The maximum Gasteiger partial charge on any atom is 0.200 e. The van der Waals surface area contributed by atoms with Crippen LogP contribution in [0, 0.1) is 0 Å². The number of nitrogen functional groups attached to an aromatic ring is 1. The van der Waals surface area contributed by atoms with Gasteiger partial charge in [-0.1, -0.05) is 36.5 Å². The first-order chi connectivity index (χ1) is 6.79. The van der Waals surface area contributed by atoms with Crippen LogP contribution in [0.1, 0.15) is 5.56 Å². The lowest BCUT2D eigenvalue weighted by Crippen LogP contribution is -1.84. The third-order valence-corrected chi connectivity index (χ3v) is 2.56. The Hall–Kier alpha value is -1.33. The number of aromatic nitrogens is 2. The number of hydrogen-bond acceptors (Lipinski definition) is 5. The first-order valence-electron chi connectivity index (χ1n) is 3.94. The van der Waals surface area contributed by atoms with Gasteiger partial charge < -0.3 is 5.73 Å². The molecule has 2 aromatic rings. The number of hydrogen-bond donors (Lipinski definition) is 1. The molecule has 1 aromatic carbocycles. The van der Waals surface area contributed by atoms with E-state index in [4.69, 9.17) is 18.0 Å². The van der Waals surface area contributed by atoms with E-state index in [-0.39, 0.29) is 0 Å². The zero-order valence-corrected chi connectivity index (χ0v) is 8.81. The van der Waals surface area contributed by atoms with E-state index in [9.17, 15) is 0 Å². The summed E-state index contributed by atoms with van der Waals surface area (Å²) in [7, 11) is 0. The van der Waals surface area contributed by atoms with Crippen LogP contribution in [-0.4, -0.2) is 14.7 Å². The monoisotopic (exact) mass is 221 g/mol. The van der Waals surface area contributed by atoms with Gasteiger partial charge in [-0.2, -0.15) is 9.36 Å². The molecule has 1 aromatic heterocycles. The van der Waals surface area contributed by atoms with Crippen LogP contribution in [0.4, 0.5) is 5.13 Å². The molecule has 1 heterocycles. The quantitative estimate of drug-likeness (QED) is 0.789. The number of nitrogens with zero attached hydrogens (tertiary/aromatic N) is 2. The molecular weight excluding hydrogens is 214 g/mol. The molecule has 0 bridgehead atoms. The van der Waals surface area contributed by atoms with Crippen molar-refractivity contribution in [3.63, 3.8) is 0 Å². The maximum atomic E-state index is 5.49. The molecular formula is C9H7N3S2. The fourth-order valence-electron chi connectivity index (χ4n) is 1.06. The first-order valence-corrected chi connectivity index (χ1v) is 5.19. The van der Waals surface area contributed by atoms with Gasteiger partial charge in [-0.25, -0.2) is 0 Å². The lowest BCUT2D eigenvalue weighted by molar-refractivity contribution is 1.33. The van der Waals surface area contributed by atoms with E-state index in [1.807, 2.05) is 24.3 Å². The highest BCUT2D eigenvalue weighted by Gasteiger charge is 2.03. The number of nitrogens with two attached hydrogens (primary N) is 1. The van der Waals surface area contributed by atoms with Crippen molar-refractivity contribution in [2.75, 3.05) is 5.73 Å². The smallest absolute Gasteiger partial charge is 0.200 e. The van der Waals surface area contributed by atoms with Crippen molar-refractivity contribution >= 4 is 34.2 Å². The second-order valence-electron chi connectivity index (χ2n) is 2.70. The lowest BCUT2D eigenvalue weighted by Gasteiger charge is -1.95. The van der Waals surface area contributed by atoms with Crippen molar-refractivity contribution in [3.05, 3.63) is 29.8 Å². The zero-order chi connectivity index (χ0) is 9.97. The van der Waals surface area contributed by atoms with Gasteiger partial charge in [0.15, 0.2) is 11.0 Å². The van der Waals surface area contributed by atoms with Crippen molar-refractivity contribution < 1.29 is 0 Å². The van der Waals surface area contributed by atoms with Crippen LogP contribution in [0.15, 0.2) is 24.3 Å². The summed E-state index contributed by atoms with van der Waals surface area (Å²) in [5, 5.41) is 2.12. The van der Waals surface area contributed by atoms with Crippen molar-refractivity contribution in [2.45, 2.75) is 0 Å². The number of thiocarbonyl (C=S) groups is 1. The SMILES string of the molecule is Nc1nc(-c2ccc(C=S)cc2)ns1. The number of anilines is 1. The molecule has 14 heavy (non-hydrogen) atoms. The molecule has 0 spiro atoms. The van der Waals surface area contributed by atoms with Gasteiger partial charge in [0.1, 0.15) is 0 Å². The molecule has 0 aliphatic carbocycles. The second-order valence-corrected chi connectivity index (χ2v) is 3.72. The van der Waals surface area contributed by atoms with Gasteiger partial charge in [-0.15, -0.1) is 0 Å². The molecule has 0 amide bonds. The van der Waals surface area contributed by atoms with E-state index < -0.39 is 0 Å². The summed E-state index contributed by atoms with van der Waals surface area (Å²) in [5.74, 6) is 0.670. The minimum Gasteiger partial charge on any atom is -0.374 e. The third-order valence-electron chi connectivity index (χ3n) is 1.75. The van der Waals surface area contributed by atoms with E-state index >= 15 is 0 Å². The number of benzene rings is 1. The van der Waals surface area contributed by atoms with Crippen molar-refractivity contribution in [1.82, 2.24) is 9.36 Å². The molecule has 2 rings (SSSR count). The predicted octanol–water partition coefficient (Wildman–Crippen LogP) is 2.14. The molecule has 70 valence electrons. The van der Waals surface area contributed by atoms with E-state index in [2.05, 4.69) is 9.36 Å². The Morgan fingerprint density at radius 1 is 1.29 bits per heavy atom. The van der Waals surface area contributed by atoms with Crippen LogP contribution in [-0.2, 0) is 0 Å². The van der Waals surface area contributed by atoms with E-state index in [0.717, 1.165) is 11.1 Å². The molecule has 0 unspecified atom stereocenters. The Morgan fingerprint density at radius 3 is 2.50 bits per heavy atom. The molecule has 0 saturated carbocycles. The van der Waals surface area contributed by atoms with Crippen LogP contribution >= 0.6 is 23.8 Å². The lowest BCUT2D eigenvalue weighted by atomic mass is 10.1. The van der Waals surface area contributed by atoms with Crippen molar-refractivity contribution in [2.24, 2.45) is 0 Å². The average molecular weight is 221 g/mol. The molecule has 0 saturated heterocycles. The molecule has 0 radical (unpaired) electrons. The third kappa shape index (κ3) is 1.78. The van der Waals surface area contributed by atoms with E-state index in [1.165, 1.54) is 11.5 Å². The zero-order valence-electron chi connectivity index (χ0n) is 7.18. The van der Waals surface area contributed by atoms with Gasteiger partial charge in [0.25, 0.3) is 0 Å². The second kappa shape index (κ2) is 3.81. The highest BCUT2D eigenvalue weighted by atomic mass is 32.1. The molecule has 3 nitrogen and oxygen atoms in total. The van der Waals surface area contributed by atoms with Crippen molar-refractivity contribution in [1.29, 1.82) is 0 Å².